The maximum atomic E-state index is 11.8. The van der Waals surface area contributed by atoms with Gasteiger partial charge in [-0.2, -0.15) is 17.0 Å². The van der Waals surface area contributed by atoms with Crippen molar-refractivity contribution in [1.82, 2.24) is 8.61 Å². The summed E-state index contributed by atoms with van der Waals surface area (Å²) in [6, 6.07) is -0.223. The van der Waals surface area contributed by atoms with Gasteiger partial charge in [-0.25, -0.2) is 0 Å². The zero-order valence-corrected chi connectivity index (χ0v) is 9.86. The Hall–Kier alpha value is -0.660. The maximum absolute atomic E-state index is 11.8. The molecule has 0 aromatic heterocycles. The van der Waals surface area contributed by atoms with Crippen LogP contribution in [0.25, 0.3) is 0 Å². The predicted molar refractivity (Wildman–Crippen MR) is 54.5 cm³/mol. The van der Waals surface area contributed by atoms with E-state index in [4.69, 9.17) is 5.11 Å². The average molecular weight is 236 g/mol. The SMILES string of the molecule is CC(C)N1CC(C(=O)O)CN(C)S1(=O)=O. The highest BCUT2D eigenvalue weighted by Crippen LogP contribution is 2.21. The molecule has 0 aromatic carbocycles. The minimum atomic E-state index is -3.46. The first kappa shape index (κ1) is 12.4. The van der Waals surface area contributed by atoms with Gasteiger partial charge in [-0.3, -0.25) is 4.79 Å². The van der Waals surface area contributed by atoms with Crippen molar-refractivity contribution in [1.29, 1.82) is 0 Å². The van der Waals surface area contributed by atoms with E-state index < -0.39 is 22.1 Å². The van der Waals surface area contributed by atoms with Gasteiger partial charge < -0.3 is 5.11 Å². The minimum Gasteiger partial charge on any atom is -0.481 e. The molecule has 1 aliphatic rings. The van der Waals surface area contributed by atoms with Crippen LogP contribution in [0.15, 0.2) is 0 Å². The van der Waals surface area contributed by atoms with Crippen LogP contribution in [0.4, 0.5) is 0 Å². The molecule has 0 bridgehead atoms. The van der Waals surface area contributed by atoms with Crippen LogP contribution >= 0.6 is 0 Å². The van der Waals surface area contributed by atoms with Crippen LogP contribution in [0.5, 0.6) is 0 Å². The van der Waals surface area contributed by atoms with Gasteiger partial charge in [0.05, 0.1) is 5.92 Å². The molecule has 7 heteroatoms. The normalized spacial score (nSPS) is 28.1. The largest absolute Gasteiger partial charge is 0.481 e. The Kier molecular flexibility index (Phi) is 3.37. The first-order valence-electron chi connectivity index (χ1n) is 4.72. The van der Waals surface area contributed by atoms with Gasteiger partial charge in [0.15, 0.2) is 0 Å². The molecule has 0 saturated carbocycles. The monoisotopic (exact) mass is 236 g/mol. The van der Waals surface area contributed by atoms with Gasteiger partial charge in [0.25, 0.3) is 10.2 Å². The van der Waals surface area contributed by atoms with E-state index in [1.807, 2.05) is 0 Å². The van der Waals surface area contributed by atoms with Crippen molar-refractivity contribution in [2.75, 3.05) is 20.1 Å². The van der Waals surface area contributed by atoms with Crippen LogP contribution in [-0.4, -0.2) is 54.3 Å². The highest BCUT2D eigenvalue weighted by molar-refractivity contribution is 7.86. The number of carboxylic acids is 1. The Morgan fingerprint density at radius 3 is 2.33 bits per heavy atom. The smallest absolute Gasteiger partial charge is 0.309 e. The fourth-order valence-corrected chi connectivity index (χ4v) is 3.21. The Morgan fingerprint density at radius 1 is 1.40 bits per heavy atom. The molecular formula is C8H16N2O4S. The summed E-state index contributed by atoms with van der Waals surface area (Å²) in [6.45, 7) is 3.56. The van der Waals surface area contributed by atoms with E-state index in [1.54, 1.807) is 13.8 Å². The van der Waals surface area contributed by atoms with E-state index in [1.165, 1.54) is 11.4 Å². The zero-order valence-electron chi connectivity index (χ0n) is 9.04. The number of aliphatic carboxylic acids is 1. The Labute approximate surface area is 89.7 Å². The lowest BCUT2D eigenvalue weighted by Gasteiger charge is -2.37. The molecule has 0 amide bonds. The first-order valence-corrected chi connectivity index (χ1v) is 6.12. The molecule has 1 rings (SSSR count). The lowest BCUT2D eigenvalue weighted by Crippen LogP contribution is -2.55. The summed E-state index contributed by atoms with van der Waals surface area (Å²) in [7, 11) is -2.06. The molecule has 1 unspecified atom stereocenters. The molecule has 0 aromatic rings. The van der Waals surface area contributed by atoms with Crippen molar-refractivity contribution in [3.8, 4) is 0 Å². The minimum absolute atomic E-state index is 0.0425. The van der Waals surface area contributed by atoms with Crippen LogP contribution in [0.1, 0.15) is 13.8 Å². The number of rotatable bonds is 2. The molecule has 1 N–H and O–H groups in total. The highest BCUT2D eigenvalue weighted by Gasteiger charge is 2.40. The topological polar surface area (TPSA) is 77.9 Å². The van der Waals surface area contributed by atoms with E-state index in [0.29, 0.717) is 0 Å². The van der Waals surface area contributed by atoms with Gasteiger partial charge in [0.2, 0.25) is 0 Å². The third-order valence-corrected chi connectivity index (χ3v) is 4.59. The molecule has 1 saturated heterocycles. The lowest BCUT2D eigenvalue weighted by atomic mass is 10.1. The summed E-state index contributed by atoms with van der Waals surface area (Å²) in [5.41, 5.74) is 0. The van der Waals surface area contributed by atoms with Gasteiger partial charge in [-0.15, -0.1) is 0 Å². The molecule has 0 radical (unpaired) electrons. The second kappa shape index (κ2) is 4.07. The van der Waals surface area contributed by atoms with Crippen molar-refractivity contribution in [2.24, 2.45) is 5.92 Å². The third kappa shape index (κ3) is 2.30. The molecule has 6 nitrogen and oxygen atoms in total. The van der Waals surface area contributed by atoms with Crippen molar-refractivity contribution in [3.63, 3.8) is 0 Å². The molecule has 0 aliphatic carbocycles. The fraction of sp³-hybridized carbons (Fsp3) is 0.875. The van der Waals surface area contributed by atoms with E-state index >= 15 is 0 Å². The van der Waals surface area contributed by atoms with Crippen LogP contribution < -0.4 is 0 Å². The molecular weight excluding hydrogens is 220 g/mol. The van der Waals surface area contributed by atoms with E-state index in [0.717, 1.165) is 4.31 Å². The number of hydrogen-bond acceptors (Lipinski definition) is 3. The Balaban J connectivity index is 2.97. The number of carbonyl (C=O) groups is 1. The van der Waals surface area contributed by atoms with Crippen molar-refractivity contribution < 1.29 is 18.3 Å². The molecule has 88 valence electrons. The summed E-state index contributed by atoms with van der Waals surface area (Å²) in [5, 5.41) is 8.88. The van der Waals surface area contributed by atoms with Gasteiger partial charge in [0, 0.05) is 26.2 Å². The Bertz CT molecular complexity index is 352. The molecule has 1 aliphatic heterocycles. The van der Waals surface area contributed by atoms with Crippen LogP contribution in [0, 0.1) is 5.92 Å². The van der Waals surface area contributed by atoms with Crippen LogP contribution in [0.2, 0.25) is 0 Å². The second-order valence-corrected chi connectivity index (χ2v) is 5.97. The van der Waals surface area contributed by atoms with Crippen molar-refractivity contribution in [3.05, 3.63) is 0 Å². The number of carboxylic acid groups (broad SMARTS) is 1. The molecule has 0 spiro atoms. The Morgan fingerprint density at radius 2 is 1.93 bits per heavy atom. The van der Waals surface area contributed by atoms with E-state index in [2.05, 4.69) is 0 Å². The molecule has 1 atom stereocenters. The summed E-state index contributed by atoms with van der Waals surface area (Å²) in [4.78, 5) is 10.8. The van der Waals surface area contributed by atoms with Gasteiger partial charge >= 0.3 is 5.97 Å². The summed E-state index contributed by atoms with van der Waals surface area (Å²) >= 11 is 0. The van der Waals surface area contributed by atoms with Gasteiger partial charge in [0.1, 0.15) is 0 Å². The predicted octanol–water partition coefficient (Wildman–Crippen LogP) is -0.412. The number of hydrogen-bond donors (Lipinski definition) is 1. The molecule has 15 heavy (non-hydrogen) atoms. The molecule has 1 fully saturated rings. The summed E-state index contributed by atoms with van der Waals surface area (Å²) in [5.74, 6) is -1.61. The third-order valence-electron chi connectivity index (χ3n) is 2.49. The van der Waals surface area contributed by atoms with Crippen molar-refractivity contribution >= 4 is 16.2 Å². The van der Waals surface area contributed by atoms with Gasteiger partial charge in [-0.1, -0.05) is 0 Å². The van der Waals surface area contributed by atoms with E-state index in [9.17, 15) is 13.2 Å². The summed E-state index contributed by atoms with van der Waals surface area (Å²) in [6.07, 6.45) is 0. The maximum Gasteiger partial charge on any atom is 0.309 e. The standard InChI is InChI=1S/C8H16N2O4S/c1-6(2)10-5-7(8(11)12)4-9(3)15(10,13)14/h6-7H,4-5H2,1-3H3,(H,11,12). The van der Waals surface area contributed by atoms with E-state index in [-0.39, 0.29) is 19.1 Å². The first-order chi connectivity index (χ1) is 6.76. The van der Waals surface area contributed by atoms with Crippen LogP contribution in [0.3, 0.4) is 0 Å². The quantitative estimate of drug-likeness (QED) is 0.707. The molecule has 1 heterocycles. The van der Waals surface area contributed by atoms with Crippen molar-refractivity contribution in [2.45, 2.75) is 19.9 Å². The van der Waals surface area contributed by atoms with Gasteiger partial charge in [-0.05, 0) is 13.8 Å². The fourth-order valence-electron chi connectivity index (χ4n) is 1.59. The van der Waals surface area contributed by atoms with Crippen LogP contribution in [-0.2, 0) is 15.0 Å². The zero-order chi connectivity index (χ0) is 11.8. The second-order valence-electron chi connectivity index (χ2n) is 3.99. The summed E-state index contributed by atoms with van der Waals surface area (Å²) < 4.78 is 25.9. The average Bonchev–Trinajstić information content (AvgIpc) is 2.08. The highest BCUT2D eigenvalue weighted by atomic mass is 32.2. The number of nitrogens with zero attached hydrogens (tertiary/aromatic N) is 2. The lowest BCUT2D eigenvalue weighted by molar-refractivity contribution is -0.142.